The number of rotatable bonds is 9. The molecule has 9 nitrogen and oxygen atoms in total. The van der Waals surface area contributed by atoms with Crippen molar-refractivity contribution in [2.24, 2.45) is 0 Å². The Bertz CT molecular complexity index is 1330. The van der Waals surface area contributed by atoms with Crippen LogP contribution in [0, 0.1) is 6.92 Å². The summed E-state index contributed by atoms with van der Waals surface area (Å²) in [7, 11) is 0. The molecule has 0 fully saturated rings. The number of unbranched alkanes of at least 4 members (excludes halogenated alkanes) is 2. The molecule has 0 saturated carbocycles. The highest BCUT2D eigenvalue weighted by Gasteiger charge is 2.32. The fraction of sp³-hybridized carbons (Fsp3) is 0.462. The summed E-state index contributed by atoms with van der Waals surface area (Å²) < 4.78 is 3.20. The summed E-state index contributed by atoms with van der Waals surface area (Å²) >= 11 is 0. The van der Waals surface area contributed by atoms with Crippen LogP contribution in [0.3, 0.4) is 0 Å². The van der Waals surface area contributed by atoms with E-state index in [0.29, 0.717) is 25.2 Å². The van der Waals surface area contributed by atoms with Crippen LogP contribution in [0.5, 0.6) is 0 Å². The monoisotopic (exact) mass is 478 g/mol. The van der Waals surface area contributed by atoms with Crippen molar-refractivity contribution in [3.8, 4) is 5.69 Å². The molecule has 2 heterocycles. The average Bonchev–Trinajstić information content (AvgIpc) is 3.44. The molecule has 35 heavy (non-hydrogen) atoms. The van der Waals surface area contributed by atoms with Gasteiger partial charge in [-0.05, 0) is 51.2 Å². The highest BCUT2D eigenvalue weighted by Crippen LogP contribution is 2.30. The quantitative estimate of drug-likeness (QED) is 0.489. The van der Waals surface area contributed by atoms with E-state index in [4.69, 9.17) is 10.8 Å². The Hall–Kier alpha value is -3.62. The molecule has 186 valence electrons. The molecule has 0 spiro atoms. The van der Waals surface area contributed by atoms with Gasteiger partial charge in [0.15, 0.2) is 11.4 Å². The predicted molar refractivity (Wildman–Crippen MR) is 138 cm³/mol. The van der Waals surface area contributed by atoms with Crippen molar-refractivity contribution < 1.29 is 4.79 Å². The Morgan fingerprint density at radius 3 is 2.51 bits per heavy atom. The van der Waals surface area contributed by atoms with Gasteiger partial charge < -0.3 is 5.73 Å². The van der Waals surface area contributed by atoms with Gasteiger partial charge in [0.1, 0.15) is 5.82 Å². The minimum Gasteiger partial charge on any atom is -0.383 e. The number of hydrogen-bond acceptors (Lipinski definition) is 5. The van der Waals surface area contributed by atoms with Gasteiger partial charge in [-0.15, -0.1) is 0 Å². The van der Waals surface area contributed by atoms with Gasteiger partial charge in [0.05, 0.1) is 5.69 Å². The number of anilines is 2. The Balaban J connectivity index is 1.82. The van der Waals surface area contributed by atoms with Crippen LogP contribution in [0.25, 0.3) is 5.69 Å². The van der Waals surface area contributed by atoms with E-state index in [1.54, 1.807) is 0 Å². The third-order valence-corrected chi connectivity index (χ3v) is 6.61. The molecule has 1 aliphatic carbocycles. The van der Waals surface area contributed by atoms with Crippen LogP contribution in [-0.2, 0) is 19.4 Å². The van der Waals surface area contributed by atoms with Gasteiger partial charge in [0.2, 0.25) is 0 Å². The first kappa shape index (κ1) is 24.5. The van der Waals surface area contributed by atoms with Crippen molar-refractivity contribution in [3.05, 3.63) is 67.6 Å². The van der Waals surface area contributed by atoms with E-state index in [2.05, 4.69) is 4.98 Å². The highest BCUT2D eigenvalue weighted by atomic mass is 16.2. The largest absolute Gasteiger partial charge is 0.383 e. The summed E-state index contributed by atoms with van der Waals surface area (Å²) in [6, 6.07) is 8.03. The van der Waals surface area contributed by atoms with Crippen LogP contribution < -0.4 is 21.9 Å². The van der Waals surface area contributed by atoms with Crippen LogP contribution in [0.4, 0.5) is 11.5 Å². The number of aromatic amines is 1. The van der Waals surface area contributed by atoms with Crippen molar-refractivity contribution in [2.45, 2.75) is 72.3 Å². The van der Waals surface area contributed by atoms with Crippen LogP contribution in [0.1, 0.15) is 73.3 Å². The lowest BCUT2D eigenvalue weighted by Crippen LogP contribution is -2.42. The Morgan fingerprint density at radius 2 is 1.83 bits per heavy atom. The number of fused-ring (bicyclic) bond motifs is 1. The number of aryl methyl sites for hydroxylation is 1. The molecule has 0 radical (unpaired) electrons. The molecular weight excluding hydrogens is 444 g/mol. The second-order valence-corrected chi connectivity index (χ2v) is 9.18. The fourth-order valence-electron chi connectivity index (χ4n) is 4.64. The van der Waals surface area contributed by atoms with Gasteiger partial charge in [-0.1, -0.05) is 44.4 Å². The summed E-state index contributed by atoms with van der Waals surface area (Å²) in [5.41, 5.74) is 9.52. The summed E-state index contributed by atoms with van der Waals surface area (Å²) in [6.07, 6.45) is 5.63. The van der Waals surface area contributed by atoms with Crippen molar-refractivity contribution >= 4 is 17.4 Å². The zero-order valence-corrected chi connectivity index (χ0v) is 20.8. The molecule has 3 N–H and O–H groups in total. The molecule has 0 unspecified atom stereocenters. The van der Waals surface area contributed by atoms with E-state index in [-0.39, 0.29) is 17.4 Å². The molecule has 9 heteroatoms. The number of benzene rings is 1. The van der Waals surface area contributed by atoms with Crippen molar-refractivity contribution in [1.29, 1.82) is 0 Å². The number of nitrogens with one attached hydrogen (secondary N) is 1. The summed E-state index contributed by atoms with van der Waals surface area (Å²) in [5, 5.41) is 4.74. The molecule has 4 rings (SSSR count). The summed E-state index contributed by atoms with van der Waals surface area (Å²) in [5.74, 6) is -0.341. The Morgan fingerprint density at radius 1 is 1.11 bits per heavy atom. The minimum atomic E-state index is -0.653. The highest BCUT2D eigenvalue weighted by molar-refractivity contribution is 6.07. The maximum Gasteiger partial charge on any atom is 0.330 e. The average molecular weight is 479 g/mol. The molecule has 0 atom stereocenters. The van der Waals surface area contributed by atoms with E-state index in [0.717, 1.165) is 61.0 Å². The topological polar surface area (TPSA) is 119 Å². The first-order valence-electron chi connectivity index (χ1n) is 12.5. The number of hydrogen-bond donors (Lipinski definition) is 2. The maximum absolute atomic E-state index is 14.0. The molecule has 0 bridgehead atoms. The van der Waals surface area contributed by atoms with Gasteiger partial charge in [0, 0.05) is 24.3 Å². The molecule has 1 aliphatic rings. The zero-order valence-electron chi connectivity index (χ0n) is 20.8. The van der Waals surface area contributed by atoms with Gasteiger partial charge in [-0.2, -0.15) is 5.10 Å². The molecular formula is C26H34N6O3. The lowest BCUT2D eigenvalue weighted by Gasteiger charge is -2.24. The maximum atomic E-state index is 14.0. The number of carbonyl (C=O) groups excluding carboxylic acids is 1. The van der Waals surface area contributed by atoms with Crippen LogP contribution in [0.15, 0.2) is 33.9 Å². The normalized spacial score (nSPS) is 12.7. The molecule has 2 aromatic heterocycles. The lowest BCUT2D eigenvalue weighted by molar-refractivity contribution is 0.0980. The molecule has 0 saturated heterocycles. The summed E-state index contributed by atoms with van der Waals surface area (Å²) in [6.45, 7) is 6.73. The molecule has 1 amide bonds. The summed E-state index contributed by atoms with van der Waals surface area (Å²) in [4.78, 5) is 43.1. The van der Waals surface area contributed by atoms with Crippen molar-refractivity contribution in [3.63, 3.8) is 0 Å². The van der Waals surface area contributed by atoms with Crippen molar-refractivity contribution in [2.75, 3.05) is 17.2 Å². The number of nitrogens with two attached hydrogens (primary N) is 1. The van der Waals surface area contributed by atoms with Gasteiger partial charge in [0.25, 0.3) is 11.5 Å². The minimum absolute atomic E-state index is 0.0197. The Kier molecular flexibility index (Phi) is 7.23. The molecule has 3 aromatic rings. The third-order valence-electron chi connectivity index (χ3n) is 6.61. The second-order valence-electron chi connectivity index (χ2n) is 9.18. The second kappa shape index (κ2) is 10.3. The third kappa shape index (κ3) is 4.67. The number of aromatic nitrogens is 4. The molecule has 1 aromatic carbocycles. The number of nitrogen functional groups attached to an aromatic ring is 1. The van der Waals surface area contributed by atoms with Gasteiger partial charge >= 0.3 is 5.69 Å². The van der Waals surface area contributed by atoms with Gasteiger partial charge in [-0.25, -0.2) is 9.48 Å². The number of H-pyrrole nitrogens is 1. The SMILES string of the molecule is CCCCN(C(=O)c1nn(-c2ccc(C)cc2)c2c1CCC2)c1c(N)n(CCCC)c(=O)[nH]c1=O. The van der Waals surface area contributed by atoms with E-state index in [9.17, 15) is 14.4 Å². The number of amides is 1. The van der Waals surface area contributed by atoms with E-state index < -0.39 is 11.2 Å². The smallest absolute Gasteiger partial charge is 0.330 e. The van der Waals surface area contributed by atoms with Gasteiger partial charge in [-0.3, -0.25) is 24.0 Å². The lowest BCUT2D eigenvalue weighted by atomic mass is 10.1. The van der Waals surface area contributed by atoms with Crippen LogP contribution >= 0.6 is 0 Å². The molecule has 0 aliphatic heterocycles. The Labute approximate surface area is 204 Å². The van der Waals surface area contributed by atoms with E-state index in [1.807, 2.05) is 49.7 Å². The first-order valence-corrected chi connectivity index (χ1v) is 12.5. The van der Waals surface area contributed by atoms with Crippen molar-refractivity contribution in [1.82, 2.24) is 19.3 Å². The number of carbonyl (C=O) groups is 1. The predicted octanol–water partition coefficient (Wildman–Crippen LogP) is 3.35. The standard InChI is InChI=1S/C26H34N6O3/c1-4-6-15-30(22-23(27)31(16-7-5-2)26(35)28-24(22)33)25(34)21-19-9-8-10-20(19)32(29-21)18-13-11-17(3)12-14-18/h11-14H,4-10,15-16,27H2,1-3H3,(H,28,33,35). The van der Waals surface area contributed by atoms with E-state index >= 15 is 0 Å². The first-order chi connectivity index (χ1) is 16.9. The van der Waals surface area contributed by atoms with Crippen LogP contribution in [-0.4, -0.2) is 31.8 Å². The zero-order chi connectivity index (χ0) is 25.1. The number of nitrogens with zero attached hydrogens (tertiary/aromatic N) is 4. The fourth-order valence-corrected chi connectivity index (χ4v) is 4.64. The van der Waals surface area contributed by atoms with E-state index in [1.165, 1.54) is 9.47 Å². The van der Waals surface area contributed by atoms with Crippen LogP contribution in [0.2, 0.25) is 0 Å².